The molecule has 0 aromatic heterocycles. The number of halogens is 1. The summed E-state index contributed by atoms with van der Waals surface area (Å²) in [4.78, 5) is 31.3. The van der Waals surface area contributed by atoms with Gasteiger partial charge in [-0.15, -0.1) is 0 Å². The van der Waals surface area contributed by atoms with E-state index in [1.165, 1.54) is 12.1 Å². The zero-order valence-corrected chi connectivity index (χ0v) is 17.6. The van der Waals surface area contributed by atoms with Crippen LogP contribution in [0.25, 0.3) is 0 Å². The maximum atomic E-state index is 13.8. The number of nitrogens with zero attached hydrogens (tertiary/aromatic N) is 3. The van der Waals surface area contributed by atoms with Crippen molar-refractivity contribution in [1.82, 2.24) is 9.80 Å². The fourth-order valence-electron chi connectivity index (χ4n) is 6.15. The average Bonchev–Trinajstić information content (AvgIpc) is 3.20. The summed E-state index contributed by atoms with van der Waals surface area (Å²) in [5.41, 5.74) is 1.70. The molecule has 4 aliphatic rings. The predicted octanol–water partition coefficient (Wildman–Crippen LogP) is 3.33. The summed E-state index contributed by atoms with van der Waals surface area (Å²) >= 11 is 0. The van der Waals surface area contributed by atoms with Crippen molar-refractivity contribution < 1.29 is 18.7 Å². The molecule has 4 aliphatic heterocycles. The molecule has 3 fully saturated rings. The normalized spacial score (nSPS) is 29.4. The third kappa shape index (κ3) is 3.37. The van der Waals surface area contributed by atoms with Gasteiger partial charge in [-0.3, -0.25) is 4.79 Å². The Labute approximate surface area is 176 Å². The molecule has 7 heteroatoms. The molecule has 0 radical (unpaired) electrons. The van der Waals surface area contributed by atoms with Crippen LogP contribution in [0.1, 0.15) is 51.0 Å². The monoisotopic (exact) mass is 415 g/mol. The van der Waals surface area contributed by atoms with Crippen molar-refractivity contribution in [3.63, 3.8) is 0 Å². The lowest BCUT2D eigenvalue weighted by atomic mass is 9.93. The molecule has 0 aliphatic carbocycles. The molecule has 162 valence electrons. The summed E-state index contributed by atoms with van der Waals surface area (Å²) in [6.45, 7) is 4.17. The molecule has 0 unspecified atom stereocenters. The van der Waals surface area contributed by atoms with Gasteiger partial charge in [-0.25, -0.2) is 9.18 Å². The largest absolute Gasteiger partial charge is 0.450 e. The summed E-state index contributed by atoms with van der Waals surface area (Å²) in [6, 6.07) is 5.91. The van der Waals surface area contributed by atoms with Gasteiger partial charge in [-0.05, 0) is 63.1 Å². The van der Waals surface area contributed by atoms with Crippen molar-refractivity contribution in [2.45, 2.75) is 76.0 Å². The highest BCUT2D eigenvalue weighted by molar-refractivity contribution is 6.01. The van der Waals surface area contributed by atoms with Crippen LogP contribution < -0.4 is 4.90 Å². The number of anilines is 1. The van der Waals surface area contributed by atoms with Crippen LogP contribution in [0, 0.1) is 5.82 Å². The topological polar surface area (TPSA) is 53.1 Å². The standard InChI is InChI=1S/C23H30FN3O3/c1-2-30-23(29)26-18-5-6-19(26)14-20(13-18)25-9-7-17(8-10-25)27-21-12-16(24)4-3-15(21)11-22(27)28/h3-4,12,17-20H,2,5-11,13-14H2,1H3/t18-,19-/m1/s1. The second kappa shape index (κ2) is 7.84. The molecular weight excluding hydrogens is 385 g/mol. The van der Waals surface area contributed by atoms with E-state index in [4.69, 9.17) is 4.74 Å². The van der Waals surface area contributed by atoms with Crippen LogP contribution in [-0.4, -0.2) is 65.7 Å². The van der Waals surface area contributed by atoms with Crippen LogP contribution >= 0.6 is 0 Å². The molecular formula is C23H30FN3O3. The number of ether oxygens (including phenoxy) is 1. The number of rotatable bonds is 3. The smallest absolute Gasteiger partial charge is 0.410 e. The summed E-state index contributed by atoms with van der Waals surface area (Å²) in [5.74, 6) is -0.190. The zero-order chi connectivity index (χ0) is 20.8. The molecule has 30 heavy (non-hydrogen) atoms. The molecule has 0 spiro atoms. The van der Waals surface area contributed by atoms with Gasteiger partial charge in [0.2, 0.25) is 5.91 Å². The number of amides is 2. The van der Waals surface area contributed by atoms with Crippen LogP contribution in [0.4, 0.5) is 14.9 Å². The Morgan fingerprint density at radius 2 is 1.77 bits per heavy atom. The maximum Gasteiger partial charge on any atom is 0.410 e. The van der Waals surface area contributed by atoms with Gasteiger partial charge in [0.1, 0.15) is 5.82 Å². The molecule has 6 nitrogen and oxygen atoms in total. The van der Waals surface area contributed by atoms with Crippen molar-refractivity contribution >= 4 is 17.7 Å². The van der Waals surface area contributed by atoms with E-state index in [1.807, 2.05) is 16.7 Å². The highest BCUT2D eigenvalue weighted by Gasteiger charge is 2.46. The van der Waals surface area contributed by atoms with Gasteiger partial charge in [-0.2, -0.15) is 0 Å². The number of hydrogen-bond acceptors (Lipinski definition) is 4. The Balaban J connectivity index is 1.21. The Morgan fingerprint density at radius 3 is 2.43 bits per heavy atom. The summed E-state index contributed by atoms with van der Waals surface area (Å²) in [5, 5.41) is 0. The SMILES string of the molecule is CCOC(=O)N1[C@@H]2CC[C@@H]1CC(N1CCC(N3C(=O)Cc4ccc(F)cc43)CC1)C2. The predicted molar refractivity (Wildman–Crippen MR) is 111 cm³/mol. The maximum absolute atomic E-state index is 13.8. The Morgan fingerprint density at radius 1 is 1.07 bits per heavy atom. The third-order valence-electron chi connectivity index (χ3n) is 7.48. The molecule has 3 saturated heterocycles. The number of piperidine rings is 2. The van der Waals surface area contributed by atoms with Crippen molar-refractivity contribution in [2.24, 2.45) is 0 Å². The van der Waals surface area contributed by atoms with Gasteiger partial charge in [0, 0.05) is 37.3 Å². The fourth-order valence-corrected chi connectivity index (χ4v) is 6.15. The van der Waals surface area contributed by atoms with Crippen LogP contribution in [-0.2, 0) is 16.0 Å². The van der Waals surface area contributed by atoms with Crippen molar-refractivity contribution in [1.29, 1.82) is 0 Å². The van der Waals surface area contributed by atoms with E-state index >= 15 is 0 Å². The van der Waals surface area contributed by atoms with E-state index in [9.17, 15) is 14.0 Å². The lowest BCUT2D eigenvalue weighted by Gasteiger charge is -2.45. The Bertz CT molecular complexity index is 825. The highest BCUT2D eigenvalue weighted by Crippen LogP contribution is 2.40. The number of likely N-dealkylation sites (tertiary alicyclic amines) is 1. The Kier molecular flexibility index (Phi) is 5.17. The highest BCUT2D eigenvalue weighted by atomic mass is 19.1. The van der Waals surface area contributed by atoms with Crippen molar-refractivity contribution in [3.05, 3.63) is 29.6 Å². The van der Waals surface area contributed by atoms with Gasteiger partial charge in [-0.1, -0.05) is 6.07 Å². The number of carbonyl (C=O) groups is 2. The molecule has 4 heterocycles. The minimum atomic E-state index is -0.283. The lowest BCUT2D eigenvalue weighted by molar-refractivity contribution is -0.118. The average molecular weight is 416 g/mol. The minimum Gasteiger partial charge on any atom is -0.450 e. The number of benzene rings is 1. The molecule has 2 bridgehead atoms. The van der Waals surface area contributed by atoms with E-state index in [0.29, 0.717) is 31.2 Å². The molecule has 2 atom stereocenters. The second-order valence-electron chi connectivity index (χ2n) is 9.10. The van der Waals surface area contributed by atoms with Gasteiger partial charge < -0.3 is 19.4 Å². The first-order valence-corrected chi connectivity index (χ1v) is 11.3. The fraction of sp³-hybridized carbons (Fsp3) is 0.652. The van der Waals surface area contributed by atoms with Gasteiger partial charge >= 0.3 is 6.09 Å². The van der Waals surface area contributed by atoms with E-state index < -0.39 is 0 Å². The summed E-state index contributed by atoms with van der Waals surface area (Å²) in [7, 11) is 0. The molecule has 0 N–H and O–H groups in total. The van der Waals surface area contributed by atoms with E-state index in [0.717, 1.165) is 62.9 Å². The van der Waals surface area contributed by atoms with Gasteiger partial charge in [0.05, 0.1) is 18.7 Å². The second-order valence-corrected chi connectivity index (χ2v) is 9.10. The number of hydrogen-bond donors (Lipinski definition) is 0. The Hall–Kier alpha value is -2.15. The van der Waals surface area contributed by atoms with E-state index in [1.54, 1.807) is 6.07 Å². The van der Waals surface area contributed by atoms with Gasteiger partial charge in [0.15, 0.2) is 0 Å². The molecule has 1 aromatic carbocycles. The quantitative estimate of drug-likeness (QED) is 0.760. The van der Waals surface area contributed by atoms with Crippen LogP contribution in [0.15, 0.2) is 18.2 Å². The van der Waals surface area contributed by atoms with Crippen molar-refractivity contribution in [3.8, 4) is 0 Å². The first-order valence-electron chi connectivity index (χ1n) is 11.3. The van der Waals surface area contributed by atoms with Gasteiger partial charge in [0.25, 0.3) is 0 Å². The first kappa shape index (κ1) is 19.8. The molecule has 0 saturated carbocycles. The van der Waals surface area contributed by atoms with Crippen LogP contribution in [0.5, 0.6) is 0 Å². The summed E-state index contributed by atoms with van der Waals surface area (Å²) < 4.78 is 19.0. The van der Waals surface area contributed by atoms with E-state index in [-0.39, 0.29) is 23.9 Å². The van der Waals surface area contributed by atoms with Crippen LogP contribution in [0.2, 0.25) is 0 Å². The molecule has 5 rings (SSSR count). The summed E-state index contributed by atoms with van der Waals surface area (Å²) in [6.07, 6.45) is 6.21. The van der Waals surface area contributed by atoms with E-state index in [2.05, 4.69) is 4.90 Å². The first-order chi connectivity index (χ1) is 14.5. The van der Waals surface area contributed by atoms with Crippen LogP contribution in [0.3, 0.4) is 0 Å². The lowest BCUT2D eigenvalue weighted by Crippen LogP contribution is -2.55. The van der Waals surface area contributed by atoms with Crippen molar-refractivity contribution in [2.75, 3.05) is 24.6 Å². The zero-order valence-electron chi connectivity index (χ0n) is 17.6. The minimum absolute atomic E-state index is 0.0924. The third-order valence-corrected chi connectivity index (χ3v) is 7.48. The number of carbonyl (C=O) groups excluding carboxylic acids is 2. The number of fused-ring (bicyclic) bond motifs is 3. The molecule has 1 aromatic rings. The molecule has 2 amide bonds.